The Morgan fingerprint density at radius 3 is 2.25 bits per heavy atom. The van der Waals surface area contributed by atoms with E-state index in [-0.39, 0.29) is 0 Å². The summed E-state index contributed by atoms with van der Waals surface area (Å²) in [5, 5.41) is 0. The fraction of sp³-hybridized carbons (Fsp3) is 0.222. The van der Waals surface area contributed by atoms with E-state index in [0.29, 0.717) is 6.61 Å². The smallest absolute Gasteiger partial charge is 0.0716 e. The molecule has 0 aliphatic rings. The zero-order chi connectivity index (χ0) is 14.2. The molecule has 2 rings (SSSR count). The third-order valence-electron chi connectivity index (χ3n) is 3.15. The van der Waals surface area contributed by atoms with Gasteiger partial charge in [-0.05, 0) is 41.7 Å². The van der Waals surface area contributed by atoms with Gasteiger partial charge in [0.05, 0.1) is 6.61 Å². The number of rotatable bonds is 7. The van der Waals surface area contributed by atoms with Gasteiger partial charge < -0.3 is 4.74 Å². The minimum absolute atomic E-state index is 0.678. The van der Waals surface area contributed by atoms with Gasteiger partial charge in [-0.25, -0.2) is 0 Å². The molecule has 0 aliphatic carbocycles. The topological polar surface area (TPSA) is 9.23 Å². The van der Waals surface area contributed by atoms with Crippen LogP contribution in [-0.4, -0.2) is 6.61 Å². The first-order valence-electron chi connectivity index (χ1n) is 6.81. The first-order chi connectivity index (χ1) is 9.78. The lowest BCUT2D eigenvalue weighted by molar-refractivity contribution is 0.118. The van der Waals surface area contributed by atoms with Crippen LogP contribution in [0.1, 0.15) is 23.1 Å². The van der Waals surface area contributed by atoms with Crippen LogP contribution in [0.5, 0.6) is 0 Å². The van der Waals surface area contributed by atoms with Crippen LogP contribution in [-0.2, 0) is 17.8 Å². The second-order valence-electron chi connectivity index (χ2n) is 4.73. The minimum atomic E-state index is 0.678. The van der Waals surface area contributed by atoms with Crippen molar-refractivity contribution >= 4 is 22.0 Å². The predicted octanol–water partition coefficient (Wildman–Crippen LogP) is 5.24. The monoisotopic (exact) mass is 330 g/mol. The van der Waals surface area contributed by atoms with E-state index in [2.05, 4.69) is 71.0 Å². The van der Waals surface area contributed by atoms with Crippen molar-refractivity contribution < 1.29 is 4.74 Å². The predicted molar refractivity (Wildman–Crippen MR) is 88.7 cm³/mol. The first kappa shape index (κ1) is 15.0. The zero-order valence-electron chi connectivity index (χ0n) is 11.5. The molecule has 0 heterocycles. The Balaban J connectivity index is 1.65. The van der Waals surface area contributed by atoms with Gasteiger partial charge in [-0.15, -0.1) is 0 Å². The highest BCUT2D eigenvalue weighted by Gasteiger charge is 1.96. The summed E-state index contributed by atoms with van der Waals surface area (Å²) in [6, 6.07) is 16.8. The van der Waals surface area contributed by atoms with Crippen molar-refractivity contribution in [1.29, 1.82) is 0 Å². The van der Waals surface area contributed by atoms with Crippen LogP contribution in [0, 0.1) is 0 Å². The van der Waals surface area contributed by atoms with Gasteiger partial charge in [-0.1, -0.05) is 65.0 Å². The molecule has 0 unspecified atom stereocenters. The highest BCUT2D eigenvalue weighted by Crippen LogP contribution is 2.12. The maximum Gasteiger partial charge on any atom is 0.0716 e. The van der Waals surface area contributed by atoms with Crippen LogP contribution in [0.15, 0.2) is 59.6 Å². The van der Waals surface area contributed by atoms with Gasteiger partial charge in [0.25, 0.3) is 0 Å². The molecule has 0 atom stereocenters. The van der Waals surface area contributed by atoms with Crippen LogP contribution in [0.3, 0.4) is 0 Å². The first-order valence-corrected chi connectivity index (χ1v) is 7.61. The molecule has 1 nitrogen and oxygen atoms in total. The maximum absolute atomic E-state index is 5.70. The van der Waals surface area contributed by atoms with Crippen LogP contribution in [0.25, 0.3) is 6.08 Å². The van der Waals surface area contributed by atoms with Crippen molar-refractivity contribution in [3.63, 3.8) is 0 Å². The van der Waals surface area contributed by atoms with E-state index in [1.165, 1.54) is 11.1 Å². The van der Waals surface area contributed by atoms with Crippen LogP contribution < -0.4 is 0 Å². The number of halogens is 1. The molecular formula is C18H19BrO. The summed E-state index contributed by atoms with van der Waals surface area (Å²) in [6.45, 7) is 5.22. The summed E-state index contributed by atoms with van der Waals surface area (Å²) in [7, 11) is 0. The molecule has 2 aromatic rings. The average molecular weight is 331 g/mol. The molecule has 0 saturated heterocycles. The van der Waals surface area contributed by atoms with Gasteiger partial charge in [0.15, 0.2) is 0 Å². The fourth-order valence-corrected chi connectivity index (χ4v) is 2.23. The third-order valence-corrected chi connectivity index (χ3v) is 3.68. The van der Waals surface area contributed by atoms with Crippen LogP contribution in [0.4, 0.5) is 0 Å². The summed E-state index contributed by atoms with van der Waals surface area (Å²) in [4.78, 5) is 0. The Morgan fingerprint density at radius 2 is 1.60 bits per heavy atom. The van der Waals surface area contributed by atoms with E-state index >= 15 is 0 Å². The Labute approximate surface area is 129 Å². The molecule has 2 heteroatoms. The molecule has 0 fully saturated rings. The SMILES string of the molecule is C=Cc1ccc(COCCCc2ccc(Br)cc2)cc1. The Kier molecular flexibility index (Phi) is 6.03. The van der Waals surface area contributed by atoms with Crippen molar-refractivity contribution in [2.24, 2.45) is 0 Å². The molecule has 0 aliphatic heterocycles. The van der Waals surface area contributed by atoms with Crippen molar-refractivity contribution in [3.05, 3.63) is 76.3 Å². The lowest BCUT2D eigenvalue weighted by Gasteiger charge is -2.05. The lowest BCUT2D eigenvalue weighted by Crippen LogP contribution is -1.97. The standard InChI is InChI=1S/C18H19BrO/c1-2-15-5-7-17(8-6-15)14-20-13-3-4-16-9-11-18(19)12-10-16/h2,5-12H,1,3-4,13-14H2. The zero-order valence-corrected chi connectivity index (χ0v) is 13.1. The molecule has 0 amide bonds. The summed E-state index contributed by atoms with van der Waals surface area (Å²) in [5.74, 6) is 0. The average Bonchev–Trinajstić information content (AvgIpc) is 2.49. The van der Waals surface area contributed by atoms with E-state index in [1.807, 2.05) is 6.08 Å². The molecule has 0 saturated carbocycles. The van der Waals surface area contributed by atoms with Gasteiger partial charge in [-0.3, -0.25) is 0 Å². The summed E-state index contributed by atoms with van der Waals surface area (Å²) >= 11 is 3.44. The number of hydrogen-bond donors (Lipinski definition) is 0. The van der Waals surface area contributed by atoms with E-state index < -0.39 is 0 Å². The van der Waals surface area contributed by atoms with E-state index in [0.717, 1.165) is 29.5 Å². The molecule has 104 valence electrons. The molecule has 20 heavy (non-hydrogen) atoms. The fourth-order valence-electron chi connectivity index (χ4n) is 1.97. The molecule has 0 spiro atoms. The molecule has 2 aromatic carbocycles. The van der Waals surface area contributed by atoms with Gasteiger partial charge >= 0.3 is 0 Å². The largest absolute Gasteiger partial charge is 0.377 e. The van der Waals surface area contributed by atoms with Crippen molar-refractivity contribution in [3.8, 4) is 0 Å². The summed E-state index contributed by atoms with van der Waals surface area (Å²) in [5.41, 5.74) is 3.70. The molecule has 0 bridgehead atoms. The second-order valence-corrected chi connectivity index (χ2v) is 5.64. The number of ether oxygens (including phenoxy) is 1. The number of hydrogen-bond acceptors (Lipinski definition) is 1. The second kappa shape index (κ2) is 8.03. The lowest BCUT2D eigenvalue weighted by atomic mass is 10.1. The third kappa shape index (κ3) is 4.95. The Hall–Kier alpha value is -1.38. The molecule has 0 N–H and O–H groups in total. The minimum Gasteiger partial charge on any atom is -0.377 e. The van der Waals surface area contributed by atoms with Crippen molar-refractivity contribution in [2.75, 3.05) is 6.61 Å². The van der Waals surface area contributed by atoms with Crippen LogP contribution >= 0.6 is 15.9 Å². The number of benzene rings is 2. The van der Waals surface area contributed by atoms with E-state index in [9.17, 15) is 0 Å². The van der Waals surface area contributed by atoms with Gasteiger partial charge in [0.1, 0.15) is 0 Å². The normalized spacial score (nSPS) is 10.4. The number of aryl methyl sites for hydroxylation is 1. The van der Waals surface area contributed by atoms with Gasteiger partial charge in [0.2, 0.25) is 0 Å². The Bertz CT molecular complexity index is 528. The van der Waals surface area contributed by atoms with Gasteiger partial charge in [0, 0.05) is 11.1 Å². The Morgan fingerprint density at radius 1 is 0.950 bits per heavy atom. The van der Waals surface area contributed by atoms with Crippen molar-refractivity contribution in [1.82, 2.24) is 0 Å². The van der Waals surface area contributed by atoms with E-state index in [4.69, 9.17) is 4.74 Å². The summed E-state index contributed by atoms with van der Waals surface area (Å²) in [6.07, 6.45) is 3.96. The highest BCUT2D eigenvalue weighted by molar-refractivity contribution is 9.10. The summed E-state index contributed by atoms with van der Waals surface area (Å²) < 4.78 is 6.83. The highest BCUT2D eigenvalue weighted by atomic mass is 79.9. The van der Waals surface area contributed by atoms with Crippen molar-refractivity contribution in [2.45, 2.75) is 19.4 Å². The quantitative estimate of drug-likeness (QED) is 0.630. The molecular weight excluding hydrogens is 312 g/mol. The molecule has 0 aromatic heterocycles. The van der Waals surface area contributed by atoms with Crippen LogP contribution in [0.2, 0.25) is 0 Å². The molecule has 0 radical (unpaired) electrons. The van der Waals surface area contributed by atoms with E-state index in [1.54, 1.807) is 0 Å². The van der Waals surface area contributed by atoms with Gasteiger partial charge in [-0.2, -0.15) is 0 Å². The maximum atomic E-state index is 5.70.